The Balaban J connectivity index is 1.34. The van der Waals surface area contributed by atoms with Gasteiger partial charge in [0.1, 0.15) is 12.1 Å². The number of nitrogens with zero attached hydrogens (tertiary/aromatic N) is 2. The highest BCUT2D eigenvalue weighted by molar-refractivity contribution is 7.84. The van der Waals surface area contributed by atoms with Gasteiger partial charge in [0.25, 0.3) is 0 Å². The predicted molar refractivity (Wildman–Crippen MR) is 140 cm³/mol. The molecule has 196 valence electrons. The number of aryl methyl sites for hydroxylation is 1. The number of benzene rings is 1. The van der Waals surface area contributed by atoms with Gasteiger partial charge in [-0.2, -0.15) is 8.42 Å². The number of aliphatic hydroxyl groups excluding tert-OH is 1. The zero-order chi connectivity index (χ0) is 26.2. The number of fused-ring (bicyclic) bond motifs is 1. The van der Waals surface area contributed by atoms with Crippen molar-refractivity contribution in [1.29, 1.82) is 0 Å². The summed E-state index contributed by atoms with van der Waals surface area (Å²) in [5, 5.41) is 22.1. The highest BCUT2D eigenvalue weighted by atomic mass is 32.2. The van der Waals surface area contributed by atoms with Crippen molar-refractivity contribution in [1.82, 2.24) is 15.3 Å². The van der Waals surface area contributed by atoms with Crippen LogP contribution in [0.15, 0.2) is 42.9 Å². The van der Waals surface area contributed by atoms with Gasteiger partial charge in [0.15, 0.2) is 0 Å². The molecule has 3 aromatic rings. The third kappa shape index (κ3) is 5.74. The van der Waals surface area contributed by atoms with E-state index in [9.17, 15) is 18.3 Å². The molecule has 5 rings (SSSR count). The molecule has 0 amide bonds. The highest BCUT2D eigenvalue weighted by Crippen LogP contribution is 2.36. The fourth-order valence-corrected chi connectivity index (χ4v) is 6.57. The third-order valence-electron chi connectivity index (χ3n) is 7.00. The number of carbonyl (C=O) groups is 1. The first-order valence-electron chi connectivity index (χ1n) is 12.1. The molecular formula is C25H29N5O5S2. The first kappa shape index (κ1) is 25.9. The first-order chi connectivity index (χ1) is 17.7. The number of aliphatic hydroxyl groups is 1. The van der Waals surface area contributed by atoms with E-state index in [-0.39, 0.29) is 24.5 Å². The van der Waals surface area contributed by atoms with E-state index >= 15 is 0 Å². The molecular weight excluding hydrogens is 514 g/mol. The minimum atomic E-state index is -4.09. The Labute approximate surface area is 219 Å². The standard InChI is InChI=1S/C25H29N5O5S2/c1-14-19(23-18-5-3-2-4-15(18)6-7-28-23)10-22(36-14)24(32)20-11-27-13-29-25(20)30-17-8-16(21(31)9-17)12-35-37(26,33)34/h2-5,10-11,13,16-17,21,23,28,31H,6-9,12H2,1H3,(H2,26,33,34)(H,27,29,30)/t16-,17-,21+,23?/m1/s1. The molecule has 37 heavy (non-hydrogen) atoms. The highest BCUT2D eigenvalue weighted by Gasteiger charge is 2.35. The molecule has 0 radical (unpaired) electrons. The number of anilines is 1. The number of thiophene rings is 1. The smallest absolute Gasteiger partial charge is 0.333 e. The maximum Gasteiger partial charge on any atom is 0.333 e. The molecule has 1 saturated carbocycles. The fourth-order valence-electron chi connectivity index (χ4n) is 5.20. The Morgan fingerprint density at radius 3 is 2.92 bits per heavy atom. The summed E-state index contributed by atoms with van der Waals surface area (Å²) in [5.41, 5.74) is 3.98. The molecule has 1 aromatic carbocycles. The van der Waals surface area contributed by atoms with E-state index in [1.807, 2.05) is 19.1 Å². The molecule has 5 N–H and O–H groups in total. The van der Waals surface area contributed by atoms with Crippen LogP contribution in [0.2, 0.25) is 0 Å². The van der Waals surface area contributed by atoms with Crippen LogP contribution >= 0.6 is 11.3 Å². The van der Waals surface area contributed by atoms with E-state index in [1.54, 1.807) is 0 Å². The summed E-state index contributed by atoms with van der Waals surface area (Å²) in [6, 6.07) is 10.1. The van der Waals surface area contributed by atoms with Crippen LogP contribution in [0.1, 0.15) is 55.7 Å². The van der Waals surface area contributed by atoms with Gasteiger partial charge in [0, 0.05) is 29.6 Å². The van der Waals surface area contributed by atoms with E-state index < -0.39 is 22.3 Å². The molecule has 1 fully saturated rings. The molecule has 10 nitrogen and oxygen atoms in total. The number of ketones is 1. The zero-order valence-electron chi connectivity index (χ0n) is 20.3. The topological polar surface area (TPSA) is 157 Å². The van der Waals surface area contributed by atoms with E-state index in [0.29, 0.717) is 29.1 Å². The van der Waals surface area contributed by atoms with Crippen LogP contribution < -0.4 is 15.8 Å². The van der Waals surface area contributed by atoms with Gasteiger partial charge in [-0.25, -0.2) is 15.1 Å². The maximum atomic E-state index is 13.6. The number of hydrogen-bond acceptors (Lipinski definition) is 10. The molecule has 3 heterocycles. The lowest BCUT2D eigenvalue weighted by molar-refractivity contribution is 0.101. The quantitative estimate of drug-likeness (QED) is 0.312. The van der Waals surface area contributed by atoms with Crippen molar-refractivity contribution in [3.63, 3.8) is 0 Å². The van der Waals surface area contributed by atoms with Crippen molar-refractivity contribution >= 4 is 33.2 Å². The van der Waals surface area contributed by atoms with Gasteiger partial charge in [-0.15, -0.1) is 11.3 Å². The van der Waals surface area contributed by atoms with Gasteiger partial charge in [-0.1, -0.05) is 24.3 Å². The second-order valence-electron chi connectivity index (χ2n) is 9.49. The van der Waals surface area contributed by atoms with Crippen molar-refractivity contribution in [2.45, 2.75) is 44.4 Å². The van der Waals surface area contributed by atoms with Crippen molar-refractivity contribution in [2.24, 2.45) is 11.1 Å². The average molecular weight is 544 g/mol. The lowest BCUT2D eigenvalue weighted by Crippen LogP contribution is -2.30. The van der Waals surface area contributed by atoms with Crippen molar-refractivity contribution in [2.75, 3.05) is 18.5 Å². The Morgan fingerprint density at radius 2 is 2.11 bits per heavy atom. The van der Waals surface area contributed by atoms with Crippen LogP contribution in [0.3, 0.4) is 0 Å². The van der Waals surface area contributed by atoms with E-state index in [4.69, 9.17) is 5.14 Å². The molecule has 0 spiro atoms. The van der Waals surface area contributed by atoms with Crippen molar-refractivity contribution in [3.05, 3.63) is 74.9 Å². The molecule has 0 saturated heterocycles. The minimum Gasteiger partial charge on any atom is -0.393 e. The Bertz CT molecular complexity index is 1410. The van der Waals surface area contributed by atoms with Crippen LogP contribution in [0.25, 0.3) is 0 Å². The largest absolute Gasteiger partial charge is 0.393 e. The first-order valence-corrected chi connectivity index (χ1v) is 14.4. The fraction of sp³-hybridized carbons (Fsp3) is 0.400. The zero-order valence-corrected chi connectivity index (χ0v) is 21.9. The average Bonchev–Trinajstić information content (AvgIpc) is 3.43. The Morgan fingerprint density at radius 1 is 1.30 bits per heavy atom. The number of hydrogen-bond donors (Lipinski definition) is 4. The SMILES string of the molecule is Cc1sc(C(=O)c2cncnc2N[C@@H]2C[C@H](COS(N)(=O)=O)[C@@H](O)C2)cc1C1NCCc2ccccc21. The van der Waals surface area contributed by atoms with Crippen LogP contribution in [0.5, 0.6) is 0 Å². The minimum absolute atomic E-state index is 0.0313. The number of aromatic nitrogens is 2. The number of rotatable bonds is 8. The molecule has 1 unspecified atom stereocenters. The summed E-state index contributed by atoms with van der Waals surface area (Å²) in [5.74, 6) is -0.219. The lowest BCUT2D eigenvalue weighted by Gasteiger charge is -2.27. The summed E-state index contributed by atoms with van der Waals surface area (Å²) in [7, 11) is -4.09. The van der Waals surface area contributed by atoms with Gasteiger partial charge >= 0.3 is 10.3 Å². The second kappa shape index (κ2) is 10.6. The van der Waals surface area contributed by atoms with Gasteiger partial charge in [0.2, 0.25) is 5.78 Å². The summed E-state index contributed by atoms with van der Waals surface area (Å²) < 4.78 is 26.9. The van der Waals surface area contributed by atoms with Gasteiger partial charge in [-0.05, 0) is 48.9 Å². The Hall–Kier alpha value is -2.74. The number of nitrogens with two attached hydrogens (primary N) is 1. The molecule has 1 aliphatic carbocycles. The Kier molecular flexibility index (Phi) is 7.39. The molecule has 12 heteroatoms. The summed E-state index contributed by atoms with van der Waals surface area (Å²) in [6.45, 7) is 2.70. The van der Waals surface area contributed by atoms with Gasteiger partial charge in [0.05, 0.1) is 29.2 Å². The predicted octanol–water partition coefficient (Wildman–Crippen LogP) is 2.08. The van der Waals surface area contributed by atoms with Crippen molar-refractivity contribution < 1.29 is 22.5 Å². The molecule has 2 aliphatic rings. The van der Waals surface area contributed by atoms with Gasteiger partial charge < -0.3 is 15.7 Å². The van der Waals surface area contributed by atoms with Crippen LogP contribution in [0.4, 0.5) is 5.82 Å². The normalized spacial score (nSPS) is 23.5. The molecule has 1 aliphatic heterocycles. The molecule has 0 bridgehead atoms. The van der Waals surface area contributed by atoms with Crippen molar-refractivity contribution in [3.8, 4) is 0 Å². The van der Waals surface area contributed by atoms with Crippen LogP contribution in [-0.4, -0.2) is 54.6 Å². The van der Waals surface area contributed by atoms with E-state index in [1.165, 1.54) is 35.0 Å². The monoisotopic (exact) mass is 543 g/mol. The van der Waals surface area contributed by atoms with Crippen LogP contribution in [-0.2, 0) is 20.9 Å². The third-order valence-corrected chi connectivity index (χ3v) is 8.53. The summed E-state index contributed by atoms with van der Waals surface area (Å²) in [4.78, 5) is 23.6. The van der Waals surface area contributed by atoms with Gasteiger partial charge in [-0.3, -0.25) is 8.98 Å². The van der Waals surface area contributed by atoms with Crippen LogP contribution in [0, 0.1) is 12.8 Å². The van der Waals surface area contributed by atoms with E-state index in [2.05, 4.69) is 43.0 Å². The second-order valence-corrected chi connectivity index (χ2v) is 12.0. The number of nitrogens with one attached hydrogen (secondary N) is 2. The molecule has 2 aromatic heterocycles. The number of carbonyl (C=O) groups excluding carboxylic acids is 1. The summed E-state index contributed by atoms with van der Waals surface area (Å²) in [6.07, 6.45) is 3.85. The summed E-state index contributed by atoms with van der Waals surface area (Å²) >= 11 is 1.45. The molecule has 4 atom stereocenters. The lowest BCUT2D eigenvalue weighted by atomic mass is 9.90. The maximum absolute atomic E-state index is 13.6. The van der Waals surface area contributed by atoms with E-state index in [0.717, 1.165) is 23.4 Å².